The molecule has 3 rings (SSSR count). The number of aryl methyl sites for hydroxylation is 1. The standard InChI is InChI=1S/C23H21ClF3N3O3/c1-14-19(10-11-31)22(33)30(13-20(32)28-12-15-2-8-18(24)9-3-15)21(29-14)16-4-6-17(7-5-16)23(25,26)27/h2-9,31H,10-13H2,1H3,(H,28,32). The van der Waals surface area contributed by atoms with Crippen LogP contribution in [0.1, 0.15) is 22.4 Å². The van der Waals surface area contributed by atoms with Crippen molar-refractivity contribution in [2.45, 2.75) is 32.6 Å². The Kier molecular flexibility index (Phi) is 7.55. The zero-order chi connectivity index (χ0) is 24.2. The Hall–Kier alpha value is -3.17. The van der Waals surface area contributed by atoms with Gasteiger partial charge in [0.25, 0.3) is 5.56 Å². The molecule has 0 saturated carbocycles. The molecule has 0 aliphatic carbocycles. The molecule has 0 fully saturated rings. The molecular formula is C23H21ClF3N3O3. The average molecular weight is 480 g/mol. The van der Waals surface area contributed by atoms with E-state index in [1.807, 2.05) is 0 Å². The van der Waals surface area contributed by atoms with E-state index in [0.29, 0.717) is 10.7 Å². The molecule has 0 aliphatic heterocycles. The zero-order valence-corrected chi connectivity index (χ0v) is 18.4. The maximum Gasteiger partial charge on any atom is 0.416 e. The number of aromatic nitrogens is 2. The number of rotatable bonds is 7. The third kappa shape index (κ3) is 6.00. The number of aliphatic hydroxyl groups is 1. The quantitative estimate of drug-likeness (QED) is 0.540. The fourth-order valence-electron chi connectivity index (χ4n) is 3.28. The van der Waals surface area contributed by atoms with Crippen molar-refractivity contribution in [3.8, 4) is 11.4 Å². The average Bonchev–Trinajstić information content (AvgIpc) is 2.77. The highest BCUT2D eigenvalue weighted by Crippen LogP contribution is 2.30. The molecule has 0 spiro atoms. The van der Waals surface area contributed by atoms with E-state index in [-0.39, 0.29) is 36.5 Å². The summed E-state index contributed by atoms with van der Waals surface area (Å²) in [7, 11) is 0. The zero-order valence-electron chi connectivity index (χ0n) is 17.6. The van der Waals surface area contributed by atoms with E-state index in [9.17, 15) is 27.9 Å². The predicted molar refractivity (Wildman–Crippen MR) is 118 cm³/mol. The molecule has 2 aromatic carbocycles. The van der Waals surface area contributed by atoms with E-state index in [1.54, 1.807) is 31.2 Å². The van der Waals surface area contributed by atoms with Gasteiger partial charge < -0.3 is 10.4 Å². The molecule has 6 nitrogen and oxygen atoms in total. The summed E-state index contributed by atoms with van der Waals surface area (Å²) in [6.45, 7) is 1.09. The normalized spacial score (nSPS) is 11.5. The van der Waals surface area contributed by atoms with Gasteiger partial charge in [0.05, 0.1) is 5.56 Å². The molecule has 174 valence electrons. The minimum absolute atomic E-state index is 0.0390. The van der Waals surface area contributed by atoms with Crippen molar-refractivity contribution in [3.63, 3.8) is 0 Å². The number of aliphatic hydroxyl groups excluding tert-OH is 1. The fraction of sp³-hybridized carbons (Fsp3) is 0.261. The van der Waals surface area contributed by atoms with Gasteiger partial charge in [0.2, 0.25) is 5.91 Å². The predicted octanol–water partition coefficient (Wildman–Crippen LogP) is 3.74. The molecule has 0 bridgehead atoms. The highest BCUT2D eigenvalue weighted by molar-refractivity contribution is 6.30. The van der Waals surface area contributed by atoms with Crippen molar-refractivity contribution in [1.29, 1.82) is 0 Å². The summed E-state index contributed by atoms with van der Waals surface area (Å²) in [5.41, 5.74) is 0.248. The largest absolute Gasteiger partial charge is 0.416 e. The second-order valence-corrected chi connectivity index (χ2v) is 7.78. The van der Waals surface area contributed by atoms with Crippen LogP contribution in [0.15, 0.2) is 53.3 Å². The van der Waals surface area contributed by atoms with Crippen molar-refractivity contribution < 1.29 is 23.1 Å². The van der Waals surface area contributed by atoms with Crippen LogP contribution in [-0.4, -0.2) is 27.2 Å². The Labute approximate surface area is 192 Å². The van der Waals surface area contributed by atoms with Gasteiger partial charge in [0, 0.05) is 41.4 Å². The van der Waals surface area contributed by atoms with Crippen LogP contribution in [0, 0.1) is 6.92 Å². The third-order valence-electron chi connectivity index (χ3n) is 5.01. The highest BCUT2D eigenvalue weighted by atomic mass is 35.5. The van der Waals surface area contributed by atoms with Crippen LogP contribution in [0.25, 0.3) is 11.4 Å². The molecule has 0 aliphatic rings. The molecule has 1 amide bonds. The van der Waals surface area contributed by atoms with Gasteiger partial charge in [-0.2, -0.15) is 13.2 Å². The van der Waals surface area contributed by atoms with Gasteiger partial charge in [-0.1, -0.05) is 35.9 Å². The summed E-state index contributed by atoms with van der Waals surface area (Å²) in [5.74, 6) is -0.421. The molecule has 10 heteroatoms. The van der Waals surface area contributed by atoms with Crippen molar-refractivity contribution in [2.75, 3.05) is 6.61 Å². The molecule has 1 heterocycles. The first-order valence-electron chi connectivity index (χ1n) is 10.00. The van der Waals surface area contributed by atoms with Crippen LogP contribution < -0.4 is 10.9 Å². The van der Waals surface area contributed by atoms with Crippen molar-refractivity contribution >= 4 is 17.5 Å². The van der Waals surface area contributed by atoms with E-state index in [0.717, 1.165) is 22.3 Å². The third-order valence-corrected chi connectivity index (χ3v) is 5.26. The number of benzene rings is 2. The summed E-state index contributed by atoms with van der Waals surface area (Å²) in [6.07, 6.45) is -4.47. The van der Waals surface area contributed by atoms with Crippen LogP contribution in [0.2, 0.25) is 5.02 Å². The van der Waals surface area contributed by atoms with Gasteiger partial charge in [-0.3, -0.25) is 14.2 Å². The van der Waals surface area contributed by atoms with E-state index in [1.165, 1.54) is 12.1 Å². The van der Waals surface area contributed by atoms with Gasteiger partial charge in [-0.05, 0) is 36.8 Å². The number of hydrogen-bond donors (Lipinski definition) is 2. The van der Waals surface area contributed by atoms with Crippen LogP contribution in [0.5, 0.6) is 0 Å². The minimum Gasteiger partial charge on any atom is -0.396 e. The van der Waals surface area contributed by atoms with E-state index < -0.39 is 29.8 Å². The maximum atomic E-state index is 13.1. The lowest BCUT2D eigenvalue weighted by molar-refractivity contribution is -0.137. The topological polar surface area (TPSA) is 84.2 Å². The highest BCUT2D eigenvalue weighted by Gasteiger charge is 2.30. The van der Waals surface area contributed by atoms with Gasteiger partial charge in [0.15, 0.2) is 0 Å². The molecule has 0 atom stereocenters. The monoisotopic (exact) mass is 479 g/mol. The first-order valence-corrected chi connectivity index (χ1v) is 10.4. The van der Waals surface area contributed by atoms with Crippen molar-refractivity contribution in [3.05, 3.63) is 86.3 Å². The first-order chi connectivity index (χ1) is 15.6. The van der Waals surface area contributed by atoms with E-state index in [4.69, 9.17) is 11.6 Å². The van der Waals surface area contributed by atoms with Crippen LogP contribution in [0.3, 0.4) is 0 Å². The second kappa shape index (κ2) is 10.2. The number of carbonyl (C=O) groups is 1. The minimum atomic E-state index is -4.51. The molecular weight excluding hydrogens is 459 g/mol. The lowest BCUT2D eigenvalue weighted by Gasteiger charge is -2.16. The van der Waals surface area contributed by atoms with E-state index in [2.05, 4.69) is 10.3 Å². The van der Waals surface area contributed by atoms with Gasteiger partial charge in [-0.25, -0.2) is 4.98 Å². The maximum absolute atomic E-state index is 13.1. The number of alkyl halides is 3. The molecule has 1 aromatic heterocycles. The number of nitrogens with one attached hydrogen (secondary N) is 1. The van der Waals surface area contributed by atoms with Crippen LogP contribution in [0.4, 0.5) is 13.2 Å². The SMILES string of the molecule is Cc1nc(-c2ccc(C(F)(F)F)cc2)n(CC(=O)NCc2ccc(Cl)cc2)c(=O)c1CCO. The Morgan fingerprint density at radius 2 is 1.76 bits per heavy atom. The van der Waals surface area contributed by atoms with Crippen molar-refractivity contribution in [1.82, 2.24) is 14.9 Å². The van der Waals surface area contributed by atoms with Gasteiger partial charge >= 0.3 is 6.18 Å². The molecule has 2 N–H and O–H groups in total. The van der Waals surface area contributed by atoms with Crippen LogP contribution in [-0.2, 0) is 30.5 Å². The smallest absolute Gasteiger partial charge is 0.396 e. The Balaban J connectivity index is 1.94. The summed E-state index contributed by atoms with van der Waals surface area (Å²) in [6, 6.07) is 11.1. The Morgan fingerprint density at radius 3 is 2.33 bits per heavy atom. The number of carbonyl (C=O) groups excluding carboxylic acids is 1. The Morgan fingerprint density at radius 1 is 1.12 bits per heavy atom. The second-order valence-electron chi connectivity index (χ2n) is 7.34. The van der Waals surface area contributed by atoms with Gasteiger partial charge in [-0.15, -0.1) is 0 Å². The van der Waals surface area contributed by atoms with Crippen molar-refractivity contribution in [2.24, 2.45) is 0 Å². The lowest BCUT2D eigenvalue weighted by atomic mass is 10.1. The number of amides is 1. The number of hydrogen-bond acceptors (Lipinski definition) is 4. The number of halogens is 4. The molecule has 0 radical (unpaired) electrons. The summed E-state index contributed by atoms with van der Waals surface area (Å²) >= 11 is 5.85. The Bertz CT molecular complexity index is 1190. The molecule has 33 heavy (non-hydrogen) atoms. The summed E-state index contributed by atoms with van der Waals surface area (Å²) in [4.78, 5) is 30.1. The lowest BCUT2D eigenvalue weighted by Crippen LogP contribution is -2.35. The fourth-order valence-corrected chi connectivity index (χ4v) is 3.40. The van der Waals surface area contributed by atoms with E-state index >= 15 is 0 Å². The molecule has 3 aromatic rings. The molecule has 0 unspecified atom stereocenters. The first kappa shape index (κ1) is 24.5. The van der Waals surface area contributed by atoms with Crippen LogP contribution >= 0.6 is 11.6 Å². The van der Waals surface area contributed by atoms with Gasteiger partial charge in [0.1, 0.15) is 12.4 Å². The summed E-state index contributed by atoms with van der Waals surface area (Å²) in [5, 5.41) is 12.5. The number of nitrogens with zero attached hydrogens (tertiary/aromatic N) is 2. The summed E-state index contributed by atoms with van der Waals surface area (Å²) < 4.78 is 39.9. The molecule has 0 saturated heterocycles.